The number of hydrogen-bond acceptors (Lipinski definition) is 8. The second kappa shape index (κ2) is 10.1. The van der Waals surface area contributed by atoms with Gasteiger partial charge in [-0.25, -0.2) is 22.8 Å². The third kappa shape index (κ3) is 4.82. The van der Waals surface area contributed by atoms with E-state index < -0.39 is 59.3 Å². The van der Waals surface area contributed by atoms with Crippen LogP contribution < -0.4 is 10.1 Å². The van der Waals surface area contributed by atoms with E-state index in [4.69, 9.17) is 4.42 Å². The fourth-order valence-electron chi connectivity index (χ4n) is 2.83. The van der Waals surface area contributed by atoms with Crippen LogP contribution in [0.15, 0.2) is 16.5 Å². The number of furan rings is 1. The van der Waals surface area contributed by atoms with Gasteiger partial charge in [-0.2, -0.15) is 8.78 Å². The van der Waals surface area contributed by atoms with E-state index in [9.17, 15) is 36.3 Å². The maximum atomic E-state index is 13.7. The average Bonchev–Trinajstić information content (AvgIpc) is 3.45. The molecule has 1 aromatic carbocycles. The van der Waals surface area contributed by atoms with Gasteiger partial charge in [0.25, 0.3) is 5.91 Å². The van der Waals surface area contributed by atoms with Gasteiger partial charge in [0.05, 0.1) is 19.8 Å². The normalized spacial score (nSPS) is 10.7. The number of carbonyl (C=O) groups is 3. The summed E-state index contributed by atoms with van der Waals surface area (Å²) >= 11 is 0.748. The van der Waals surface area contributed by atoms with Gasteiger partial charge in [0.2, 0.25) is 29.1 Å². The van der Waals surface area contributed by atoms with Crippen molar-refractivity contribution in [3.05, 3.63) is 68.7 Å². The maximum Gasteiger partial charge on any atom is 0.348 e. The highest BCUT2D eigenvalue weighted by molar-refractivity contribution is 7.18. The number of ether oxygens (including phenoxy) is 3. The summed E-state index contributed by atoms with van der Waals surface area (Å²) in [6.45, 7) is 0.663. The lowest BCUT2D eigenvalue weighted by molar-refractivity contribution is 0.0601. The van der Waals surface area contributed by atoms with Gasteiger partial charge in [0, 0.05) is 0 Å². The molecule has 0 atom stereocenters. The van der Waals surface area contributed by atoms with Crippen LogP contribution in [0.25, 0.3) is 0 Å². The number of thiophene rings is 1. The Morgan fingerprint density at radius 3 is 2.06 bits per heavy atom. The van der Waals surface area contributed by atoms with Crippen LogP contribution in [0.1, 0.15) is 41.9 Å². The Morgan fingerprint density at radius 2 is 1.49 bits per heavy atom. The highest BCUT2D eigenvalue weighted by Crippen LogP contribution is 2.35. The van der Waals surface area contributed by atoms with Crippen molar-refractivity contribution in [3.63, 3.8) is 0 Å². The van der Waals surface area contributed by atoms with Crippen molar-refractivity contribution in [2.75, 3.05) is 19.5 Å². The smallest absolute Gasteiger partial charge is 0.348 e. The zero-order chi connectivity index (χ0) is 26.0. The molecule has 0 aliphatic carbocycles. The van der Waals surface area contributed by atoms with Gasteiger partial charge < -0.3 is 23.9 Å². The molecule has 0 radical (unpaired) electrons. The molecule has 2 aromatic heterocycles. The first-order valence-electron chi connectivity index (χ1n) is 9.36. The van der Waals surface area contributed by atoms with E-state index in [0.717, 1.165) is 37.7 Å². The molecule has 3 aromatic rings. The number of nitrogens with one attached hydrogen (secondary N) is 1. The number of halogens is 5. The number of benzene rings is 1. The Labute approximate surface area is 197 Å². The minimum absolute atomic E-state index is 0.0412. The molecule has 3 rings (SSSR count). The van der Waals surface area contributed by atoms with Gasteiger partial charge in [-0.3, -0.25) is 4.79 Å². The van der Waals surface area contributed by atoms with E-state index in [0.29, 0.717) is 0 Å². The van der Waals surface area contributed by atoms with Crippen LogP contribution >= 0.6 is 11.3 Å². The fraction of sp³-hybridized carbons (Fsp3) is 0.190. The number of carbonyl (C=O) groups excluding carboxylic acids is 3. The molecule has 0 spiro atoms. The van der Waals surface area contributed by atoms with Crippen molar-refractivity contribution in [2.24, 2.45) is 0 Å². The molecule has 8 nitrogen and oxygen atoms in total. The maximum absolute atomic E-state index is 13.7. The summed E-state index contributed by atoms with van der Waals surface area (Å²) in [5, 5.41) is 2.34. The van der Waals surface area contributed by atoms with E-state index in [-0.39, 0.29) is 32.5 Å². The highest BCUT2D eigenvalue weighted by Gasteiger charge is 2.29. The molecule has 14 heteroatoms. The molecule has 1 N–H and O–H groups in total. The van der Waals surface area contributed by atoms with Gasteiger partial charge in [-0.1, -0.05) is 0 Å². The molecule has 0 saturated carbocycles. The van der Waals surface area contributed by atoms with Crippen LogP contribution in [-0.2, 0) is 16.1 Å². The van der Waals surface area contributed by atoms with Crippen LogP contribution in [-0.4, -0.2) is 32.1 Å². The molecule has 35 heavy (non-hydrogen) atoms. The Morgan fingerprint density at radius 1 is 0.914 bits per heavy atom. The van der Waals surface area contributed by atoms with Gasteiger partial charge in [-0.05, 0) is 24.6 Å². The number of rotatable bonds is 7. The highest BCUT2D eigenvalue weighted by atomic mass is 32.1. The van der Waals surface area contributed by atoms with Crippen molar-refractivity contribution in [1.82, 2.24) is 0 Å². The van der Waals surface area contributed by atoms with E-state index >= 15 is 0 Å². The second-order valence-corrected chi connectivity index (χ2v) is 7.67. The number of hydrogen-bond donors (Lipinski definition) is 1. The Bertz CT molecular complexity index is 1310. The molecule has 0 aliphatic heterocycles. The first-order valence-corrected chi connectivity index (χ1v) is 10.2. The summed E-state index contributed by atoms with van der Waals surface area (Å²) in [5.74, 6) is -15.6. The van der Waals surface area contributed by atoms with Crippen LogP contribution in [0.3, 0.4) is 0 Å². The summed E-state index contributed by atoms with van der Waals surface area (Å²) < 4.78 is 86.3. The lowest BCUT2D eigenvalue weighted by atomic mass is 10.1. The summed E-state index contributed by atoms with van der Waals surface area (Å²) in [5.41, 5.74) is 0.119. The van der Waals surface area contributed by atoms with E-state index in [1.54, 1.807) is 0 Å². The zero-order valence-corrected chi connectivity index (χ0v) is 18.8. The fourth-order valence-corrected chi connectivity index (χ4v) is 3.94. The lowest BCUT2D eigenvalue weighted by Crippen LogP contribution is -2.13. The SMILES string of the molecule is COC(=O)c1sc(NC(=O)c2ccc(COc3c(F)c(F)c(F)c(F)c3F)o2)c(C(=O)OC)c1C. The van der Waals surface area contributed by atoms with Gasteiger partial charge in [-0.15, -0.1) is 11.3 Å². The molecule has 0 unspecified atom stereocenters. The summed E-state index contributed by atoms with van der Waals surface area (Å²) in [7, 11) is 2.24. The molecule has 1 amide bonds. The molecule has 0 fully saturated rings. The first kappa shape index (κ1) is 25.7. The predicted octanol–water partition coefficient (Wildman–Crippen LogP) is 4.75. The van der Waals surface area contributed by atoms with Crippen molar-refractivity contribution >= 4 is 34.2 Å². The first-order chi connectivity index (χ1) is 16.5. The molecule has 0 aliphatic rings. The topological polar surface area (TPSA) is 104 Å². The number of esters is 2. The number of methoxy groups -OCH3 is 2. The molecule has 0 bridgehead atoms. The van der Waals surface area contributed by atoms with Crippen molar-refractivity contribution < 1.29 is 55.0 Å². The van der Waals surface area contributed by atoms with Crippen LogP contribution in [0, 0.1) is 36.0 Å². The molecule has 0 saturated heterocycles. The third-order valence-corrected chi connectivity index (χ3v) is 5.74. The summed E-state index contributed by atoms with van der Waals surface area (Å²) in [6, 6.07) is 2.29. The van der Waals surface area contributed by atoms with Crippen molar-refractivity contribution in [2.45, 2.75) is 13.5 Å². The van der Waals surface area contributed by atoms with Crippen molar-refractivity contribution in [3.8, 4) is 5.75 Å². The molecule has 186 valence electrons. The van der Waals surface area contributed by atoms with Gasteiger partial charge in [0.1, 0.15) is 22.2 Å². The Kier molecular flexibility index (Phi) is 7.43. The Hall–Kier alpha value is -3.94. The van der Waals surface area contributed by atoms with Crippen LogP contribution in [0.4, 0.5) is 27.0 Å². The van der Waals surface area contributed by atoms with Crippen molar-refractivity contribution in [1.29, 1.82) is 0 Å². The molecular weight excluding hydrogens is 505 g/mol. The number of amides is 1. The largest absolute Gasteiger partial charge is 0.479 e. The summed E-state index contributed by atoms with van der Waals surface area (Å²) in [6.07, 6.45) is 0. The van der Waals surface area contributed by atoms with Crippen LogP contribution in [0.2, 0.25) is 0 Å². The second-order valence-electron chi connectivity index (χ2n) is 6.65. The molecular formula is C21H14F5NO7S. The predicted molar refractivity (Wildman–Crippen MR) is 109 cm³/mol. The minimum atomic E-state index is -2.34. The minimum Gasteiger partial charge on any atom is -0.479 e. The lowest BCUT2D eigenvalue weighted by Gasteiger charge is -2.09. The van der Waals surface area contributed by atoms with E-state index in [1.165, 1.54) is 6.92 Å². The third-order valence-electron chi connectivity index (χ3n) is 4.55. The Balaban J connectivity index is 1.80. The van der Waals surface area contributed by atoms with Gasteiger partial charge >= 0.3 is 11.9 Å². The van der Waals surface area contributed by atoms with Gasteiger partial charge in [0.15, 0.2) is 11.5 Å². The quantitative estimate of drug-likeness (QED) is 0.208. The van der Waals surface area contributed by atoms with E-state index in [1.807, 2.05) is 0 Å². The summed E-state index contributed by atoms with van der Waals surface area (Å²) in [4.78, 5) is 36.7. The van der Waals surface area contributed by atoms with Crippen LogP contribution in [0.5, 0.6) is 5.75 Å². The van der Waals surface area contributed by atoms with E-state index in [2.05, 4.69) is 19.5 Å². The molecule has 2 heterocycles. The zero-order valence-electron chi connectivity index (χ0n) is 18.0. The monoisotopic (exact) mass is 519 g/mol. The average molecular weight is 519 g/mol. The standard InChI is InChI=1S/C21H14F5NO7S/c1-7-10(20(29)31-2)19(35-17(7)21(30)32-3)27-18(28)9-5-4-8(34-9)6-33-16-14(25)12(23)11(22)13(24)15(16)26/h4-5H,6H2,1-3H3,(H,27,28). The number of anilines is 1.